The van der Waals surface area contributed by atoms with Gasteiger partial charge in [0.2, 0.25) is 5.91 Å². The lowest BCUT2D eigenvalue weighted by atomic mass is 9.88. The Morgan fingerprint density at radius 1 is 0.882 bits per heavy atom. The van der Waals surface area contributed by atoms with Crippen LogP contribution in [0.5, 0.6) is 0 Å². The second kappa shape index (κ2) is 18.6. The maximum Gasteiger partial charge on any atom is 0.408 e. The van der Waals surface area contributed by atoms with E-state index in [0.717, 1.165) is 79.9 Å². The van der Waals surface area contributed by atoms with Gasteiger partial charge < -0.3 is 19.9 Å². The third-order valence-corrected chi connectivity index (χ3v) is 11.1. The summed E-state index contributed by atoms with van der Waals surface area (Å²) in [5, 5.41) is 4.84. The molecule has 2 aliphatic heterocycles. The third-order valence-electron chi connectivity index (χ3n) is 9.91. The van der Waals surface area contributed by atoms with Crippen LogP contribution in [0, 0.1) is 5.92 Å². The number of pyridine rings is 1. The number of aromatic nitrogens is 1. The number of carbonyl (C=O) groups excluding carboxylic acids is 2. The molecule has 10 heteroatoms. The van der Waals surface area contributed by atoms with Crippen LogP contribution in [-0.2, 0) is 29.1 Å². The fraction of sp³-hybridized carbons (Fsp3) is 0.390. The highest BCUT2D eigenvalue weighted by atomic mass is 35.5. The fourth-order valence-corrected chi connectivity index (χ4v) is 8.03. The number of nitrogens with zero attached hydrogens (tertiary/aromatic N) is 4. The zero-order valence-electron chi connectivity index (χ0n) is 29.4. The summed E-state index contributed by atoms with van der Waals surface area (Å²) in [5.74, 6) is 0.982. The SMILES string of the molecule is CCSc1ncccc1CN1CCN(C(=O)[C@H](NC(=O)OCc2ccccc2)C2CCN(CCc3cc(Cl)ccc3-c3ccccc3)CC2)CC1. The summed E-state index contributed by atoms with van der Waals surface area (Å²) in [5.41, 5.74) is 5.76. The number of alkyl carbamates (subject to hydrolysis) is 1. The molecule has 268 valence electrons. The van der Waals surface area contributed by atoms with E-state index in [2.05, 4.69) is 69.5 Å². The Bertz CT molecular complexity index is 1710. The minimum atomic E-state index is -0.634. The van der Waals surface area contributed by atoms with Crippen LogP contribution >= 0.6 is 23.4 Å². The predicted octanol–water partition coefficient (Wildman–Crippen LogP) is 7.41. The quantitative estimate of drug-likeness (QED) is 0.144. The third kappa shape index (κ3) is 10.3. The number of hydrogen-bond acceptors (Lipinski definition) is 7. The average molecular weight is 726 g/mol. The van der Waals surface area contributed by atoms with E-state index >= 15 is 0 Å². The molecule has 3 heterocycles. The first kappa shape index (κ1) is 36.9. The van der Waals surface area contributed by atoms with E-state index in [4.69, 9.17) is 16.3 Å². The number of benzene rings is 3. The molecule has 2 saturated heterocycles. The van der Waals surface area contributed by atoms with Gasteiger partial charge in [-0.2, -0.15) is 0 Å². The lowest BCUT2D eigenvalue weighted by Gasteiger charge is -2.40. The van der Waals surface area contributed by atoms with Gasteiger partial charge in [0.1, 0.15) is 17.7 Å². The van der Waals surface area contributed by atoms with Crippen LogP contribution in [0.3, 0.4) is 0 Å². The highest BCUT2D eigenvalue weighted by Crippen LogP contribution is 2.29. The highest BCUT2D eigenvalue weighted by molar-refractivity contribution is 7.99. The van der Waals surface area contributed by atoms with Crippen LogP contribution in [0.15, 0.2) is 102 Å². The van der Waals surface area contributed by atoms with Crippen LogP contribution < -0.4 is 5.32 Å². The number of nitrogens with one attached hydrogen (secondary N) is 1. The highest BCUT2D eigenvalue weighted by Gasteiger charge is 2.36. The van der Waals surface area contributed by atoms with Gasteiger partial charge >= 0.3 is 6.09 Å². The summed E-state index contributed by atoms with van der Waals surface area (Å²) in [6.07, 6.45) is 3.81. The molecule has 3 aromatic carbocycles. The molecule has 0 saturated carbocycles. The van der Waals surface area contributed by atoms with Gasteiger partial charge in [-0.1, -0.05) is 91.3 Å². The van der Waals surface area contributed by atoms with Gasteiger partial charge in [0.05, 0.1) is 0 Å². The normalized spacial score (nSPS) is 16.5. The Morgan fingerprint density at radius 2 is 1.61 bits per heavy atom. The number of amides is 2. The number of carbonyl (C=O) groups is 2. The van der Waals surface area contributed by atoms with Crippen molar-refractivity contribution in [3.63, 3.8) is 0 Å². The lowest BCUT2D eigenvalue weighted by molar-refractivity contribution is -0.137. The summed E-state index contributed by atoms with van der Waals surface area (Å²) in [4.78, 5) is 38.7. The molecule has 0 unspecified atom stereocenters. The van der Waals surface area contributed by atoms with Crippen LogP contribution in [0.25, 0.3) is 11.1 Å². The Labute approximate surface area is 311 Å². The molecular weight excluding hydrogens is 678 g/mol. The molecule has 1 atom stereocenters. The van der Waals surface area contributed by atoms with Crippen molar-refractivity contribution in [1.29, 1.82) is 0 Å². The molecule has 8 nitrogen and oxygen atoms in total. The molecule has 2 fully saturated rings. The van der Waals surface area contributed by atoms with E-state index in [1.165, 1.54) is 22.3 Å². The number of ether oxygens (including phenoxy) is 1. The number of likely N-dealkylation sites (tertiary alicyclic amines) is 1. The summed E-state index contributed by atoms with van der Waals surface area (Å²) >= 11 is 8.20. The Balaban J connectivity index is 1.07. The van der Waals surface area contributed by atoms with Crippen LogP contribution in [-0.4, -0.2) is 89.3 Å². The van der Waals surface area contributed by atoms with Crippen LogP contribution in [0.4, 0.5) is 4.79 Å². The molecule has 0 radical (unpaired) electrons. The topological polar surface area (TPSA) is 78.0 Å². The minimum absolute atomic E-state index is 0.0141. The van der Waals surface area contributed by atoms with E-state index < -0.39 is 12.1 Å². The minimum Gasteiger partial charge on any atom is -0.445 e. The Kier molecular flexibility index (Phi) is 13.4. The van der Waals surface area contributed by atoms with Gasteiger partial charge in [-0.3, -0.25) is 9.69 Å². The zero-order chi connectivity index (χ0) is 35.4. The van der Waals surface area contributed by atoms with Crippen molar-refractivity contribution < 1.29 is 14.3 Å². The van der Waals surface area contributed by atoms with Crippen molar-refractivity contribution in [2.75, 3.05) is 51.6 Å². The summed E-state index contributed by atoms with van der Waals surface area (Å²) < 4.78 is 5.61. The van der Waals surface area contributed by atoms with Crippen molar-refractivity contribution in [1.82, 2.24) is 25.0 Å². The van der Waals surface area contributed by atoms with E-state index in [0.29, 0.717) is 13.1 Å². The summed E-state index contributed by atoms with van der Waals surface area (Å²) in [6, 6.07) is 29.7. The van der Waals surface area contributed by atoms with Gasteiger partial charge in [0, 0.05) is 50.5 Å². The van der Waals surface area contributed by atoms with Gasteiger partial charge in [-0.25, -0.2) is 9.78 Å². The van der Waals surface area contributed by atoms with E-state index in [1.54, 1.807) is 11.8 Å². The molecule has 2 amide bonds. The molecule has 4 aromatic rings. The summed E-state index contributed by atoms with van der Waals surface area (Å²) in [7, 11) is 0. The smallest absolute Gasteiger partial charge is 0.408 e. The first-order valence-corrected chi connectivity index (χ1v) is 19.4. The monoisotopic (exact) mass is 725 g/mol. The molecule has 51 heavy (non-hydrogen) atoms. The molecule has 0 aliphatic carbocycles. The zero-order valence-corrected chi connectivity index (χ0v) is 31.0. The van der Waals surface area contributed by atoms with E-state index in [9.17, 15) is 9.59 Å². The first-order valence-electron chi connectivity index (χ1n) is 18.1. The largest absolute Gasteiger partial charge is 0.445 e. The molecule has 1 aromatic heterocycles. The number of hydrogen-bond donors (Lipinski definition) is 1. The number of piperazine rings is 1. The summed E-state index contributed by atoms with van der Waals surface area (Å²) in [6.45, 7) is 8.50. The number of halogens is 1. The molecule has 0 spiro atoms. The molecule has 0 bridgehead atoms. The maximum atomic E-state index is 14.2. The van der Waals surface area contributed by atoms with Crippen LogP contribution in [0.1, 0.15) is 36.5 Å². The van der Waals surface area contributed by atoms with Crippen molar-refractivity contribution in [2.45, 2.75) is 50.4 Å². The molecule has 1 N–H and O–H groups in total. The van der Waals surface area contributed by atoms with Crippen molar-refractivity contribution >= 4 is 35.4 Å². The van der Waals surface area contributed by atoms with Gasteiger partial charge in [-0.15, -0.1) is 11.8 Å². The Hall–Kier alpha value is -3.89. The van der Waals surface area contributed by atoms with Crippen molar-refractivity contribution in [3.05, 3.63) is 119 Å². The fourth-order valence-electron chi connectivity index (χ4n) is 7.10. The molecule has 6 rings (SSSR count). The van der Waals surface area contributed by atoms with Crippen LogP contribution in [0.2, 0.25) is 5.02 Å². The average Bonchev–Trinajstić information content (AvgIpc) is 3.17. The van der Waals surface area contributed by atoms with Gasteiger partial charge in [0.15, 0.2) is 0 Å². The number of rotatable bonds is 13. The predicted molar refractivity (Wildman–Crippen MR) is 206 cm³/mol. The van der Waals surface area contributed by atoms with Gasteiger partial charge in [-0.05, 0) is 90.0 Å². The number of thioether (sulfide) groups is 1. The second-order valence-electron chi connectivity index (χ2n) is 13.3. The van der Waals surface area contributed by atoms with Crippen molar-refractivity contribution in [3.8, 4) is 11.1 Å². The standard InChI is InChI=1S/C41H48ClN5O3S/c1-2-51-39-35(14-9-20-43-39)29-46-24-26-47(27-25-46)40(48)38(44-41(49)50-30-31-10-5-3-6-11-31)33-17-21-45(22-18-33)23-19-34-28-36(42)15-16-37(34)32-12-7-4-8-13-32/h3-16,20,28,33,38H,2,17-19,21-27,29-30H2,1H3,(H,44,49)/t38-/m1/s1. The van der Waals surface area contributed by atoms with Gasteiger partial charge in [0.25, 0.3) is 0 Å². The molecule has 2 aliphatic rings. The number of piperidine rings is 1. The lowest BCUT2D eigenvalue weighted by Crippen LogP contribution is -2.58. The second-order valence-corrected chi connectivity index (χ2v) is 15.0. The maximum absolute atomic E-state index is 14.2. The van der Waals surface area contributed by atoms with Crippen molar-refractivity contribution in [2.24, 2.45) is 5.92 Å². The molecular formula is C41H48ClN5O3S. The first-order chi connectivity index (χ1) is 25.0. The Morgan fingerprint density at radius 3 is 2.33 bits per heavy atom. The van der Waals surface area contributed by atoms with E-state index in [-0.39, 0.29) is 18.4 Å². The van der Waals surface area contributed by atoms with E-state index in [1.807, 2.05) is 59.6 Å².